The fourth-order valence-corrected chi connectivity index (χ4v) is 2.07. The standard InChI is InChI=1S/C11H17N3O/c1-15-8-9-4-6-14(7-9)11-10(12)3-2-5-13-11/h2-3,5,9H,4,6-8,12H2,1H3. The van der Waals surface area contributed by atoms with Gasteiger partial charge in [0, 0.05) is 32.3 Å². The first kappa shape index (κ1) is 10.2. The second kappa shape index (κ2) is 4.49. The molecule has 2 rings (SSSR count). The number of methoxy groups -OCH3 is 1. The van der Waals surface area contributed by atoms with E-state index in [1.807, 2.05) is 12.1 Å². The van der Waals surface area contributed by atoms with Crippen molar-refractivity contribution < 1.29 is 4.74 Å². The Morgan fingerprint density at radius 2 is 2.53 bits per heavy atom. The largest absolute Gasteiger partial charge is 0.396 e. The molecule has 1 atom stereocenters. The van der Waals surface area contributed by atoms with Gasteiger partial charge in [0.05, 0.1) is 12.3 Å². The molecule has 0 saturated carbocycles. The van der Waals surface area contributed by atoms with Crippen LogP contribution in [0.15, 0.2) is 18.3 Å². The molecule has 4 nitrogen and oxygen atoms in total. The Labute approximate surface area is 90.0 Å². The topological polar surface area (TPSA) is 51.4 Å². The molecule has 1 aliphatic rings. The van der Waals surface area contributed by atoms with Gasteiger partial charge >= 0.3 is 0 Å². The smallest absolute Gasteiger partial charge is 0.151 e. The SMILES string of the molecule is COCC1CCN(c2ncccc2N)C1. The van der Waals surface area contributed by atoms with Crippen molar-refractivity contribution in [3.63, 3.8) is 0 Å². The highest BCUT2D eigenvalue weighted by Gasteiger charge is 2.24. The maximum atomic E-state index is 5.88. The lowest BCUT2D eigenvalue weighted by atomic mass is 10.1. The van der Waals surface area contributed by atoms with Gasteiger partial charge in [-0.15, -0.1) is 0 Å². The molecule has 82 valence electrons. The predicted octanol–water partition coefficient (Wildman–Crippen LogP) is 1.14. The molecular weight excluding hydrogens is 190 g/mol. The number of anilines is 2. The summed E-state index contributed by atoms with van der Waals surface area (Å²) < 4.78 is 5.16. The lowest BCUT2D eigenvalue weighted by Crippen LogP contribution is -2.22. The number of hydrogen-bond acceptors (Lipinski definition) is 4. The number of rotatable bonds is 3. The summed E-state index contributed by atoms with van der Waals surface area (Å²) in [5.41, 5.74) is 6.64. The van der Waals surface area contributed by atoms with Crippen LogP contribution in [0, 0.1) is 5.92 Å². The van der Waals surface area contributed by atoms with Gasteiger partial charge in [0.2, 0.25) is 0 Å². The lowest BCUT2D eigenvalue weighted by Gasteiger charge is -2.18. The van der Waals surface area contributed by atoms with E-state index in [0.29, 0.717) is 5.92 Å². The van der Waals surface area contributed by atoms with Gasteiger partial charge in [-0.3, -0.25) is 0 Å². The van der Waals surface area contributed by atoms with E-state index in [1.165, 1.54) is 0 Å². The van der Waals surface area contributed by atoms with Crippen molar-refractivity contribution in [1.82, 2.24) is 4.98 Å². The van der Waals surface area contributed by atoms with Crippen LogP contribution in [-0.2, 0) is 4.74 Å². The average molecular weight is 207 g/mol. The molecule has 1 aromatic heterocycles. The zero-order valence-corrected chi connectivity index (χ0v) is 9.02. The van der Waals surface area contributed by atoms with Gasteiger partial charge in [-0.25, -0.2) is 4.98 Å². The number of ether oxygens (including phenoxy) is 1. The van der Waals surface area contributed by atoms with Crippen molar-refractivity contribution >= 4 is 11.5 Å². The van der Waals surface area contributed by atoms with Crippen LogP contribution in [0.4, 0.5) is 11.5 Å². The van der Waals surface area contributed by atoms with E-state index in [1.54, 1.807) is 13.3 Å². The Hall–Kier alpha value is -1.29. The third-order valence-electron chi connectivity index (χ3n) is 2.80. The summed E-state index contributed by atoms with van der Waals surface area (Å²) >= 11 is 0. The number of nitrogens with zero attached hydrogens (tertiary/aromatic N) is 2. The predicted molar refractivity (Wildman–Crippen MR) is 60.8 cm³/mol. The highest BCUT2D eigenvalue weighted by Crippen LogP contribution is 2.26. The van der Waals surface area contributed by atoms with Crippen LogP contribution in [0.2, 0.25) is 0 Å². The number of aromatic nitrogens is 1. The first-order valence-electron chi connectivity index (χ1n) is 5.25. The fraction of sp³-hybridized carbons (Fsp3) is 0.545. The molecule has 2 heterocycles. The van der Waals surface area contributed by atoms with Crippen LogP contribution < -0.4 is 10.6 Å². The van der Waals surface area contributed by atoms with E-state index in [0.717, 1.165) is 37.6 Å². The van der Waals surface area contributed by atoms with Crippen molar-refractivity contribution in [3.05, 3.63) is 18.3 Å². The molecule has 0 radical (unpaired) electrons. The van der Waals surface area contributed by atoms with Crippen LogP contribution in [0.1, 0.15) is 6.42 Å². The fourth-order valence-electron chi connectivity index (χ4n) is 2.07. The molecule has 1 fully saturated rings. The van der Waals surface area contributed by atoms with Crippen molar-refractivity contribution in [1.29, 1.82) is 0 Å². The third-order valence-corrected chi connectivity index (χ3v) is 2.80. The van der Waals surface area contributed by atoms with Gasteiger partial charge in [0.1, 0.15) is 0 Å². The van der Waals surface area contributed by atoms with E-state index in [2.05, 4.69) is 9.88 Å². The Morgan fingerprint density at radius 1 is 1.67 bits per heavy atom. The van der Waals surface area contributed by atoms with Gasteiger partial charge in [0.15, 0.2) is 5.82 Å². The monoisotopic (exact) mass is 207 g/mol. The molecule has 1 aromatic rings. The van der Waals surface area contributed by atoms with Gasteiger partial charge < -0.3 is 15.4 Å². The Balaban J connectivity index is 2.04. The zero-order valence-electron chi connectivity index (χ0n) is 9.02. The number of nitrogen functional groups attached to an aromatic ring is 1. The second-order valence-corrected chi connectivity index (χ2v) is 3.97. The zero-order chi connectivity index (χ0) is 10.7. The van der Waals surface area contributed by atoms with Crippen LogP contribution in [0.3, 0.4) is 0 Å². The van der Waals surface area contributed by atoms with Crippen LogP contribution >= 0.6 is 0 Å². The second-order valence-electron chi connectivity index (χ2n) is 3.97. The maximum Gasteiger partial charge on any atom is 0.151 e. The van der Waals surface area contributed by atoms with E-state index >= 15 is 0 Å². The van der Waals surface area contributed by atoms with Crippen molar-refractivity contribution in [2.45, 2.75) is 6.42 Å². The van der Waals surface area contributed by atoms with E-state index in [9.17, 15) is 0 Å². The summed E-state index contributed by atoms with van der Waals surface area (Å²) in [7, 11) is 1.75. The van der Waals surface area contributed by atoms with Crippen molar-refractivity contribution in [2.24, 2.45) is 5.92 Å². The average Bonchev–Trinajstić information content (AvgIpc) is 2.68. The maximum absolute atomic E-state index is 5.88. The van der Waals surface area contributed by atoms with E-state index in [4.69, 9.17) is 10.5 Å². The number of hydrogen-bond donors (Lipinski definition) is 1. The van der Waals surface area contributed by atoms with E-state index < -0.39 is 0 Å². The Kier molecular flexibility index (Phi) is 3.06. The molecule has 4 heteroatoms. The van der Waals surface area contributed by atoms with Crippen LogP contribution in [-0.4, -0.2) is 31.8 Å². The first-order valence-corrected chi connectivity index (χ1v) is 5.25. The molecule has 0 aliphatic carbocycles. The highest BCUT2D eigenvalue weighted by atomic mass is 16.5. The van der Waals surface area contributed by atoms with E-state index in [-0.39, 0.29) is 0 Å². The van der Waals surface area contributed by atoms with Gasteiger partial charge in [0.25, 0.3) is 0 Å². The molecular formula is C11H17N3O. The third kappa shape index (κ3) is 2.21. The first-order chi connectivity index (χ1) is 7.31. The van der Waals surface area contributed by atoms with Gasteiger partial charge in [-0.05, 0) is 18.6 Å². The van der Waals surface area contributed by atoms with Gasteiger partial charge in [-0.2, -0.15) is 0 Å². The minimum absolute atomic E-state index is 0.608. The minimum Gasteiger partial charge on any atom is -0.396 e. The summed E-state index contributed by atoms with van der Waals surface area (Å²) in [4.78, 5) is 6.55. The highest BCUT2D eigenvalue weighted by molar-refractivity contribution is 5.62. The quantitative estimate of drug-likeness (QED) is 0.807. The lowest BCUT2D eigenvalue weighted by molar-refractivity contribution is 0.161. The van der Waals surface area contributed by atoms with Crippen molar-refractivity contribution in [2.75, 3.05) is 37.4 Å². The Bertz CT molecular complexity index is 329. The molecule has 1 unspecified atom stereocenters. The molecule has 15 heavy (non-hydrogen) atoms. The molecule has 0 spiro atoms. The van der Waals surface area contributed by atoms with Crippen LogP contribution in [0.5, 0.6) is 0 Å². The van der Waals surface area contributed by atoms with Gasteiger partial charge in [-0.1, -0.05) is 0 Å². The normalized spacial score (nSPS) is 20.9. The van der Waals surface area contributed by atoms with Crippen LogP contribution in [0.25, 0.3) is 0 Å². The Morgan fingerprint density at radius 3 is 3.27 bits per heavy atom. The molecule has 1 aliphatic heterocycles. The summed E-state index contributed by atoms with van der Waals surface area (Å²) in [6, 6.07) is 3.76. The molecule has 0 amide bonds. The number of pyridine rings is 1. The molecule has 1 saturated heterocycles. The van der Waals surface area contributed by atoms with Crippen molar-refractivity contribution in [3.8, 4) is 0 Å². The summed E-state index contributed by atoms with van der Waals surface area (Å²) in [6.07, 6.45) is 2.94. The number of nitrogens with two attached hydrogens (primary N) is 1. The molecule has 0 bridgehead atoms. The minimum atomic E-state index is 0.608. The summed E-state index contributed by atoms with van der Waals surface area (Å²) in [5, 5.41) is 0. The summed E-state index contributed by atoms with van der Waals surface area (Å²) in [5.74, 6) is 1.52. The summed E-state index contributed by atoms with van der Waals surface area (Å²) in [6.45, 7) is 2.84. The molecule has 2 N–H and O–H groups in total. The molecule has 0 aromatic carbocycles.